The van der Waals surface area contributed by atoms with Crippen molar-refractivity contribution in [3.8, 4) is 0 Å². The van der Waals surface area contributed by atoms with Gasteiger partial charge in [0.15, 0.2) is 0 Å². The van der Waals surface area contributed by atoms with Crippen molar-refractivity contribution in [2.75, 3.05) is 0 Å². The van der Waals surface area contributed by atoms with E-state index in [0.717, 1.165) is 0 Å². The van der Waals surface area contributed by atoms with Gasteiger partial charge in [0.1, 0.15) is 0 Å². The first-order valence-electron chi connectivity index (χ1n) is 2.63. The number of halogens is 6. The number of alkyl halides is 6. The SMILES string of the molecule is C[Si](C)(C(F)(F)F)C(F)(F)F. The molecular formula is C4H6F6Si. The van der Waals surface area contributed by atoms with E-state index in [1.54, 1.807) is 0 Å². The van der Waals surface area contributed by atoms with Gasteiger partial charge in [0.25, 0.3) is 8.07 Å². The van der Waals surface area contributed by atoms with E-state index in [9.17, 15) is 26.3 Å². The molecule has 0 aromatic rings. The van der Waals surface area contributed by atoms with Crippen LogP contribution in [0.2, 0.25) is 13.1 Å². The Hall–Kier alpha value is -0.203. The fourth-order valence-electron chi connectivity index (χ4n) is 0.161. The summed E-state index contributed by atoms with van der Waals surface area (Å²) in [7, 11) is -5.11. The largest absolute Gasteiger partial charge is 0.371 e. The van der Waals surface area contributed by atoms with E-state index < -0.39 is 19.7 Å². The Balaban J connectivity index is 4.75. The van der Waals surface area contributed by atoms with E-state index in [1.165, 1.54) is 0 Å². The van der Waals surface area contributed by atoms with E-state index >= 15 is 0 Å². The molecule has 68 valence electrons. The zero-order valence-corrected chi connectivity index (χ0v) is 6.77. The lowest BCUT2D eigenvalue weighted by molar-refractivity contribution is -0.111. The van der Waals surface area contributed by atoms with Gasteiger partial charge in [-0.3, -0.25) is 0 Å². The van der Waals surface area contributed by atoms with Crippen LogP contribution in [0.15, 0.2) is 0 Å². The molecule has 0 saturated carbocycles. The third kappa shape index (κ3) is 1.88. The minimum atomic E-state index is -5.11. The molecule has 0 heterocycles. The van der Waals surface area contributed by atoms with Gasteiger partial charge in [-0.15, -0.1) is 0 Å². The first-order chi connectivity index (χ1) is 4.50. The molecule has 0 rings (SSSR count). The van der Waals surface area contributed by atoms with Crippen LogP contribution in [0.1, 0.15) is 0 Å². The maximum absolute atomic E-state index is 11.7. The summed E-state index contributed by atoms with van der Waals surface area (Å²) in [4.78, 5) is 0. The van der Waals surface area contributed by atoms with Gasteiger partial charge in [-0.2, -0.15) is 26.3 Å². The van der Waals surface area contributed by atoms with Crippen LogP contribution in [0.4, 0.5) is 26.3 Å². The van der Waals surface area contributed by atoms with Crippen molar-refractivity contribution in [3.05, 3.63) is 0 Å². The molecule has 0 N–H and O–H groups in total. The summed E-state index contributed by atoms with van der Waals surface area (Å²) in [6.45, 7) is 0.486. The lowest BCUT2D eigenvalue weighted by Crippen LogP contribution is -2.57. The predicted octanol–water partition coefficient (Wildman–Crippen LogP) is 2.90. The molecule has 0 aromatic heterocycles. The lowest BCUT2D eigenvalue weighted by atomic mass is 11.5. The summed E-state index contributed by atoms with van der Waals surface area (Å²) >= 11 is 0. The van der Waals surface area contributed by atoms with Crippen LogP contribution in [-0.2, 0) is 0 Å². The van der Waals surface area contributed by atoms with Crippen LogP contribution in [0.25, 0.3) is 0 Å². The fourth-order valence-corrected chi connectivity index (χ4v) is 0.482. The van der Waals surface area contributed by atoms with E-state index in [2.05, 4.69) is 0 Å². The van der Waals surface area contributed by atoms with Crippen molar-refractivity contribution in [3.63, 3.8) is 0 Å². The van der Waals surface area contributed by atoms with Crippen LogP contribution >= 0.6 is 0 Å². The van der Waals surface area contributed by atoms with Gasteiger partial charge >= 0.3 is 11.6 Å². The van der Waals surface area contributed by atoms with Crippen LogP contribution in [0, 0.1) is 0 Å². The molecule has 0 aromatic carbocycles. The average Bonchev–Trinajstić information content (AvgIpc) is 1.58. The van der Waals surface area contributed by atoms with Gasteiger partial charge in [-0.1, -0.05) is 13.1 Å². The molecule has 0 amide bonds. The van der Waals surface area contributed by atoms with E-state index in [0.29, 0.717) is 0 Å². The van der Waals surface area contributed by atoms with E-state index in [-0.39, 0.29) is 13.1 Å². The maximum Gasteiger partial charge on any atom is 0.371 e. The first-order valence-corrected chi connectivity index (χ1v) is 5.63. The van der Waals surface area contributed by atoms with Crippen LogP contribution in [0.3, 0.4) is 0 Å². The summed E-state index contributed by atoms with van der Waals surface area (Å²) in [6, 6.07) is 0. The molecule has 0 aliphatic heterocycles. The zero-order valence-electron chi connectivity index (χ0n) is 5.77. The lowest BCUT2D eigenvalue weighted by Gasteiger charge is -2.27. The van der Waals surface area contributed by atoms with Crippen LogP contribution in [0.5, 0.6) is 0 Å². The highest BCUT2D eigenvalue weighted by Crippen LogP contribution is 2.40. The Morgan fingerprint density at radius 3 is 0.909 bits per heavy atom. The Morgan fingerprint density at radius 1 is 0.727 bits per heavy atom. The zero-order chi connectivity index (χ0) is 9.50. The molecule has 7 heteroatoms. The third-order valence-corrected chi connectivity index (χ3v) is 4.25. The third-order valence-electron chi connectivity index (χ3n) is 1.42. The van der Waals surface area contributed by atoms with Gasteiger partial charge in [0, 0.05) is 0 Å². The minimum Gasteiger partial charge on any atom is -0.176 e. The second-order valence-electron chi connectivity index (χ2n) is 2.62. The van der Waals surface area contributed by atoms with Gasteiger partial charge in [0.05, 0.1) is 0 Å². The summed E-state index contributed by atoms with van der Waals surface area (Å²) in [5.41, 5.74) is 0. The van der Waals surface area contributed by atoms with Crippen molar-refractivity contribution >= 4 is 8.07 Å². The molecular weight excluding hydrogens is 190 g/mol. The molecule has 0 aliphatic carbocycles. The maximum atomic E-state index is 11.7. The van der Waals surface area contributed by atoms with E-state index in [1.807, 2.05) is 0 Å². The molecule has 0 nitrogen and oxygen atoms in total. The standard InChI is InChI=1S/C4H6F6Si/c1-11(2,3(5,6)7)4(8,9)10/h1-2H3. The van der Waals surface area contributed by atoms with Crippen LogP contribution in [-0.4, -0.2) is 19.7 Å². The Kier molecular flexibility index (Phi) is 2.35. The average molecular weight is 196 g/mol. The summed E-state index contributed by atoms with van der Waals surface area (Å²) in [5.74, 6) is -10.2. The monoisotopic (exact) mass is 196 g/mol. The second kappa shape index (κ2) is 2.39. The number of hydrogen-bond donors (Lipinski definition) is 0. The molecule has 0 radical (unpaired) electrons. The number of rotatable bonds is 0. The quantitative estimate of drug-likeness (QED) is 0.412. The van der Waals surface area contributed by atoms with Gasteiger partial charge in [-0.25, -0.2) is 0 Å². The Bertz CT molecular complexity index is 126. The van der Waals surface area contributed by atoms with Crippen LogP contribution < -0.4 is 0 Å². The highest BCUT2D eigenvalue weighted by atomic mass is 28.3. The van der Waals surface area contributed by atoms with Crippen molar-refractivity contribution < 1.29 is 26.3 Å². The molecule has 0 aliphatic rings. The normalized spacial score (nSPS) is 15.3. The molecule has 11 heavy (non-hydrogen) atoms. The second-order valence-corrected chi connectivity index (χ2v) is 7.00. The first kappa shape index (κ1) is 10.8. The van der Waals surface area contributed by atoms with E-state index in [4.69, 9.17) is 0 Å². The van der Waals surface area contributed by atoms with Crippen molar-refractivity contribution in [1.29, 1.82) is 0 Å². The van der Waals surface area contributed by atoms with Crippen molar-refractivity contribution in [2.45, 2.75) is 24.7 Å². The van der Waals surface area contributed by atoms with Gasteiger partial charge in [0.2, 0.25) is 0 Å². The molecule has 0 unspecified atom stereocenters. The minimum absolute atomic E-state index is 0.243. The Labute approximate surface area is 60.2 Å². The molecule has 0 fully saturated rings. The fraction of sp³-hybridized carbons (Fsp3) is 1.00. The molecule has 0 saturated heterocycles. The topological polar surface area (TPSA) is 0 Å². The molecule has 0 atom stereocenters. The summed E-state index contributed by atoms with van der Waals surface area (Å²) in [6.07, 6.45) is 0. The summed E-state index contributed by atoms with van der Waals surface area (Å²) < 4.78 is 70.0. The van der Waals surface area contributed by atoms with Gasteiger partial charge < -0.3 is 0 Å². The Morgan fingerprint density at radius 2 is 0.909 bits per heavy atom. The predicted molar refractivity (Wildman–Crippen MR) is 29.6 cm³/mol. The smallest absolute Gasteiger partial charge is 0.176 e. The highest BCUT2D eigenvalue weighted by molar-refractivity contribution is 6.81. The summed E-state index contributed by atoms with van der Waals surface area (Å²) in [5, 5.41) is 0. The van der Waals surface area contributed by atoms with Gasteiger partial charge in [-0.05, 0) is 0 Å². The molecule has 0 bridgehead atoms. The molecule has 0 spiro atoms. The number of hydrogen-bond acceptors (Lipinski definition) is 0. The van der Waals surface area contributed by atoms with Crippen molar-refractivity contribution in [2.24, 2.45) is 0 Å². The highest BCUT2D eigenvalue weighted by Gasteiger charge is 2.67. The van der Waals surface area contributed by atoms with Crippen molar-refractivity contribution in [1.82, 2.24) is 0 Å².